The molecule has 0 aliphatic carbocycles. The van der Waals surface area contributed by atoms with Crippen LogP contribution < -0.4 is 15.8 Å². The molecule has 0 aromatic carbocycles. The highest BCUT2D eigenvalue weighted by Crippen LogP contribution is 2.05. The smallest absolute Gasteiger partial charge is 0.268 e. The van der Waals surface area contributed by atoms with Crippen LogP contribution in [0.1, 0.15) is 0 Å². The van der Waals surface area contributed by atoms with Crippen LogP contribution in [0.3, 0.4) is 0 Å². The maximum atomic E-state index is 12.0. The maximum absolute atomic E-state index is 12.0. The van der Waals surface area contributed by atoms with Crippen LogP contribution >= 0.6 is 0 Å². The first-order chi connectivity index (χ1) is 10.0. The molecule has 0 spiro atoms. The fourth-order valence-corrected chi connectivity index (χ4v) is 1.77. The van der Waals surface area contributed by atoms with Crippen molar-refractivity contribution in [2.24, 2.45) is 0 Å². The Morgan fingerprint density at radius 2 is 2.05 bits per heavy atom. The number of aromatic nitrogens is 2. The van der Waals surface area contributed by atoms with Crippen molar-refractivity contribution < 1.29 is 4.74 Å². The Hall–Kier alpha value is -1.44. The molecule has 21 heavy (non-hydrogen) atoms. The second kappa shape index (κ2) is 9.49. The Balaban J connectivity index is 2.45. The number of hydrogen-bond acceptors (Lipinski definition) is 6. The molecule has 1 aromatic rings. The minimum absolute atomic E-state index is 0.0776. The fourth-order valence-electron chi connectivity index (χ4n) is 1.77. The van der Waals surface area contributed by atoms with E-state index in [9.17, 15) is 4.79 Å². The Kier molecular flexibility index (Phi) is 7.96. The van der Waals surface area contributed by atoms with Gasteiger partial charge in [0.05, 0.1) is 25.0 Å². The lowest BCUT2D eigenvalue weighted by atomic mass is 10.4. The molecule has 0 saturated heterocycles. The minimum atomic E-state index is -0.0776. The molecule has 0 atom stereocenters. The van der Waals surface area contributed by atoms with E-state index in [4.69, 9.17) is 4.74 Å². The third-order valence-electron chi connectivity index (χ3n) is 3.16. The first kappa shape index (κ1) is 17.6. The predicted molar refractivity (Wildman–Crippen MR) is 85.1 cm³/mol. The summed E-state index contributed by atoms with van der Waals surface area (Å²) in [6.07, 6.45) is 1.72. The van der Waals surface area contributed by atoms with E-state index in [1.54, 1.807) is 19.4 Å². The molecule has 0 radical (unpaired) electrons. The summed E-state index contributed by atoms with van der Waals surface area (Å²) >= 11 is 0. The summed E-state index contributed by atoms with van der Waals surface area (Å²) in [5.41, 5.74) is 0.736. The second-order valence-corrected chi connectivity index (χ2v) is 5.24. The van der Waals surface area contributed by atoms with Gasteiger partial charge in [-0.25, -0.2) is 4.68 Å². The quantitative estimate of drug-likeness (QED) is 0.586. The van der Waals surface area contributed by atoms with E-state index in [1.165, 1.54) is 4.68 Å². The van der Waals surface area contributed by atoms with Crippen molar-refractivity contribution in [3.63, 3.8) is 0 Å². The van der Waals surface area contributed by atoms with Crippen LogP contribution in [0.15, 0.2) is 17.1 Å². The number of ether oxygens (including phenoxy) is 1. The van der Waals surface area contributed by atoms with Crippen molar-refractivity contribution in [2.45, 2.75) is 6.54 Å². The van der Waals surface area contributed by atoms with E-state index in [0.717, 1.165) is 31.9 Å². The van der Waals surface area contributed by atoms with Gasteiger partial charge in [-0.2, -0.15) is 5.10 Å². The van der Waals surface area contributed by atoms with Crippen molar-refractivity contribution in [1.29, 1.82) is 0 Å². The first-order valence-electron chi connectivity index (χ1n) is 7.17. The average Bonchev–Trinajstić information content (AvgIpc) is 2.45. The van der Waals surface area contributed by atoms with Crippen LogP contribution in [-0.4, -0.2) is 75.7 Å². The Bertz CT molecular complexity index is 461. The average molecular weight is 297 g/mol. The third-order valence-corrected chi connectivity index (χ3v) is 3.16. The molecule has 0 unspecified atom stereocenters. The summed E-state index contributed by atoms with van der Waals surface area (Å²) in [4.78, 5) is 16.1. The lowest BCUT2D eigenvalue weighted by molar-refractivity contribution is 0.206. The Morgan fingerprint density at radius 1 is 1.29 bits per heavy atom. The van der Waals surface area contributed by atoms with Crippen molar-refractivity contribution in [3.8, 4) is 0 Å². The van der Waals surface area contributed by atoms with E-state index in [1.807, 2.05) is 26.0 Å². The molecular weight excluding hydrogens is 270 g/mol. The number of rotatable bonds is 10. The van der Waals surface area contributed by atoms with Crippen LogP contribution in [0.25, 0.3) is 0 Å². The highest BCUT2D eigenvalue weighted by Gasteiger charge is 2.04. The number of nitrogens with one attached hydrogen (secondary N) is 1. The zero-order valence-corrected chi connectivity index (χ0v) is 13.5. The van der Waals surface area contributed by atoms with Gasteiger partial charge in [0.15, 0.2) is 0 Å². The summed E-state index contributed by atoms with van der Waals surface area (Å²) < 4.78 is 6.51. The maximum Gasteiger partial charge on any atom is 0.268 e. The van der Waals surface area contributed by atoms with Gasteiger partial charge in [-0.05, 0) is 14.1 Å². The summed E-state index contributed by atoms with van der Waals surface area (Å²) in [6.45, 7) is 4.54. The lowest BCUT2D eigenvalue weighted by Crippen LogP contribution is -2.33. The van der Waals surface area contributed by atoms with Gasteiger partial charge in [0, 0.05) is 46.4 Å². The van der Waals surface area contributed by atoms with E-state index in [0.29, 0.717) is 13.2 Å². The number of likely N-dealkylation sites (N-methyl/N-ethyl adjacent to an activating group) is 2. The van der Waals surface area contributed by atoms with Gasteiger partial charge < -0.3 is 19.9 Å². The van der Waals surface area contributed by atoms with E-state index in [-0.39, 0.29) is 5.56 Å². The molecule has 0 aliphatic heterocycles. The monoisotopic (exact) mass is 297 g/mol. The summed E-state index contributed by atoms with van der Waals surface area (Å²) in [5, 5.41) is 7.50. The van der Waals surface area contributed by atoms with Gasteiger partial charge in [-0.1, -0.05) is 0 Å². The van der Waals surface area contributed by atoms with Crippen molar-refractivity contribution in [3.05, 3.63) is 22.6 Å². The fraction of sp³-hybridized carbons (Fsp3) is 0.714. The largest absolute Gasteiger partial charge is 0.383 e. The van der Waals surface area contributed by atoms with Crippen LogP contribution in [0, 0.1) is 0 Å². The first-order valence-corrected chi connectivity index (χ1v) is 7.17. The van der Waals surface area contributed by atoms with Crippen LogP contribution in [-0.2, 0) is 11.3 Å². The van der Waals surface area contributed by atoms with E-state index in [2.05, 4.69) is 15.3 Å². The van der Waals surface area contributed by atoms with Gasteiger partial charge in [0.2, 0.25) is 0 Å². The van der Waals surface area contributed by atoms with Gasteiger partial charge in [-0.15, -0.1) is 0 Å². The lowest BCUT2D eigenvalue weighted by Gasteiger charge is -2.18. The molecule has 1 heterocycles. The molecule has 7 heteroatoms. The summed E-state index contributed by atoms with van der Waals surface area (Å²) in [7, 11) is 7.65. The zero-order chi connectivity index (χ0) is 15.7. The highest BCUT2D eigenvalue weighted by atomic mass is 16.5. The van der Waals surface area contributed by atoms with Gasteiger partial charge >= 0.3 is 0 Å². The summed E-state index contributed by atoms with van der Waals surface area (Å²) in [6, 6.07) is 1.61. The molecule has 0 bridgehead atoms. The van der Waals surface area contributed by atoms with Crippen molar-refractivity contribution >= 4 is 5.69 Å². The van der Waals surface area contributed by atoms with Gasteiger partial charge in [-0.3, -0.25) is 4.79 Å². The zero-order valence-electron chi connectivity index (χ0n) is 13.5. The van der Waals surface area contributed by atoms with Crippen molar-refractivity contribution in [2.75, 3.05) is 65.9 Å². The standard InChI is InChI=1S/C14H27N5O2/c1-17(2)7-5-15-6-8-19-14(20)11-13(12-16-19)18(3)9-10-21-4/h11-12,15H,5-10H2,1-4H3. The Labute approximate surface area is 126 Å². The van der Waals surface area contributed by atoms with Crippen LogP contribution in [0.5, 0.6) is 0 Å². The van der Waals surface area contributed by atoms with Crippen LogP contribution in [0.2, 0.25) is 0 Å². The SMILES string of the molecule is COCCN(C)c1cnn(CCNCCN(C)C)c(=O)c1. The molecule has 0 amide bonds. The number of nitrogens with zero attached hydrogens (tertiary/aromatic N) is 4. The third kappa shape index (κ3) is 6.70. The number of methoxy groups -OCH3 is 1. The van der Waals surface area contributed by atoms with Gasteiger partial charge in [0.1, 0.15) is 0 Å². The summed E-state index contributed by atoms with van der Waals surface area (Å²) in [5.74, 6) is 0. The molecule has 120 valence electrons. The molecule has 1 N–H and O–H groups in total. The number of anilines is 1. The molecule has 1 aromatic heterocycles. The van der Waals surface area contributed by atoms with Crippen molar-refractivity contribution in [1.82, 2.24) is 20.0 Å². The molecule has 0 saturated carbocycles. The normalized spacial score (nSPS) is 11.1. The predicted octanol–water partition coefficient (Wildman–Crippen LogP) is -0.523. The van der Waals surface area contributed by atoms with Crippen LogP contribution in [0.4, 0.5) is 5.69 Å². The second-order valence-electron chi connectivity index (χ2n) is 5.24. The molecule has 7 nitrogen and oxygen atoms in total. The number of hydrogen-bond donors (Lipinski definition) is 1. The molecular formula is C14H27N5O2. The highest BCUT2D eigenvalue weighted by molar-refractivity contribution is 5.41. The minimum Gasteiger partial charge on any atom is -0.383 e. The Morgan fingerprint density at radius 3 is 2.67 bits per heavy atom. The van der Waals surface area contributed by atoms with Gasteiger partial charge in [0.25, 0.3) is 5.56 Å². The molecule has 1 rings (SSSR count). The van der Waals surface area contributed by atoms with E-state index < -0.39 is 0 Å². The topological polar surface area (TPSA) is 62.6 Å². The van der Waals surface area contributed by atoms with E-state index >= 15 is 0 Å². The molecule has 0 fully saturated rings. The molecule has 0 aliphatic rings.